The molecule has 3 rings (SSSR count). The Morgan fingerprint density at radius 1 is 1.26 bits per heavy atom. The molecule has 0 atom stereocenters. The molecular formula is C14H21N5. The molecule has 0 saturated carbocycles. The zero-order chi connectivity index (χ0) is 13.4. The minimum absolute atomic E-state index is 0.689. The standard InChI is InChI=1S/C14H21N5/c1-17(2)13-5-7-18(8-6-13)19-14-4-3-12(15)9-11(14)10-16-19/h3-4,9-10,13H,5-8,15H2,1-2H3. The van der Waals surface area contributed by atoms with Gasteiger partial charge in [0.1, 0.15) is 0 Å². The topological polar surface area (TPSA) is 50.3 Å². The van der Waals surface area contributed by atoms with Gasteiger partial charge in [-0.05, 0) is 45.1 Å². The molecule has 0 spiro atoms. The van der Waals surface area contributed by atoms with Crippen molar-refractivity contribution in [2.75, 3.05) is 37.9 Å². The molecule has 2 aromatic rings. The van der Waals surface area contributed by atoms with E-state index in [1.165, 1.54) is 12.8 Å². The third-order valence-electron chi connectivity index (χ3n) is 4.01. The fourth-order valence-electron chi connectivity index (χ4n) is 2.82. The number of benzene rings is 1. The highest BCUT2D eigenvalue weighted by Gasteiger charge is 2.21. The van der Waals surface area contributed by atoms with Gasteiger partial charge in [-0.1, -0.05) is 0 Å². The number of hydrogen-bond acceptors (Lipinski definition) is 4. The van der Waals surface area contributed by atoms with E-state index in [1.54, 1.807) is 0 Å². The van der Waals surface area contributed by atoms with E-state index in [2.05, 4.69) is 35.2 Å². The smallest absolute Gasteiger partial charge is 0.0922 e. The first-order valence-corrected chi connectivity index (χ1v) is 6.80. The summed E-state index contributed by atoms with van der Waals surface area (Å²) in [6.45, 7) is 2.09. The van der Waals surface area contributed by atoms with Crippen LogP contribution < -0.4 is 10.7 Å². The molecule has 0 aliphatic carbocycles. The molecule has 2 heterocycles. The predicted octanol–water partition coefficient (Wildman–Crippen LogP) is 1.28. The lowest BCUT2D eigenvalue weighted by Crippen LogP contribution is -2.47. The predicted molar refractivity (Wildman–Crippen MR) is 78.8 cm³/mol. The normalized spacial score (nSPS) is 17.5. The van der Waals surface area contributed by atoms with E-state index in [0.717, 1.165) is 29.7 Å². The number of nitrogen functional groups attached to an aromatic ring is 1. The van der Waals surface area contributed by atoms with E-state index in [9.17, 15) is 0 Å². The highest BCUT2D eigenvalue weighted by Crippen LogP contribution is 2.20. The average Bonchev–Trinajstić information content (AvgIpc) is 2.81. The van der Waals surface area contributed by atoms with Gasteiger partial charge in [0.25, 0.3) is 0 Å². The molecule has 5 heteroatoms. The Bertz CT molecular complexity index is 566. The van der Waals surface area contributed by atoms with Crippen molar-refractivity contribution in [3.63, 3.8) is 0 Å². The number of rotatable bonds is 2. The zero-order valence-electron chi connectivity index (χ0n) is 11.6. The van der Waals surface area contributed by atoms with Crippen LogP contribution in [0.1, 0.15) is 12.8 Å². The SMILES string of the molecule is CN(C)C1CCN(n2ncc3cc(N)ccc32)CC1. The van der Waals surface area contributed by atoms with Crippen LogP contribution in [0.15, 0.2) is 24.4 Å². The Balaban J connectivity index is 1.82. The van der Waals surface area contributed by atoms with Crippen molar-refractivity contribution < 1.29 is 0 Å². The lowest BCUT2D eigenvalue weighted by atomic mass is 10.1. The van der Waals surface area contributed by atoms with Crippen LogP contribution in [-0.2, 0) is 0 Å². The van der Waals surface area contributed by atoms with Gasteiger partial charge in [0.2, 0.25) is 0 Å². The number of aromatic nitrogens is 2. The van der Waals surface area contributed by atoms with Crippen molar-refractivity contribution >= 4 is 16.6 Å². The fraction of sp³-hybridized carbons (Fsp3) is 0.500. The molecule has 5 nitrogen and oxygen atoms in total. The second kappa shape index (κ2) is 4.74. The summed E-state index contributed by atoms with van der Waals surface area (Å²) in [5, 5.41) is 7.93. The molecule has 0 bridgehead atoms. The maximum absolute atomic E-state index is 5.81. The van der Waals surface area contributed by atoms with Gasteiger partial charge in [0, 0.05) is 30.2 Å². The summed E-state index contributed by atoms with van der Waals surface area (Å²) in [6, 6.07) is 6.66. The Hall–Kier alpha value is -1.75. The van der Waals surface area contributed by atoms with Crippen molar-refractivity contribution in [3.05, 3.63) is 24.4 Å². The number of nitrogens with zero attached hydrogens (tertiary/aromatic N) is 4. The summed E-state index contributed by atoms with van der Waals surface area (Å²) in [7, 11) is 4.32. The van der Waals surface area contributed by atoms with E-state index in [1.807, 2.05) is 23.1 Å². The Morgan fingerprint density at radius 2 is 2.00 bits per heavy atom. The minimum Gasteiger partial charge on any atom is -0.399 e. The first-order valence-electron chi connectivity index (χ1n) is 6.80. The first-order chi connectivity index (χ1) is 9.15. The summed E-state index contributed by atoms with van der Waals surface area (Å²) in [5.74, 6) is 0. The number of hydrogen-bond donors (Lipinski definition) is 1. The van der Waals surface area contributed by atoms with Gasteiger partial charge in [-0.2, -0.15) is 9.89 Å². The van der Waals surface area contributed by atoms with Crippen molar-refractivity contribution in [2.45, 2.75) is 18.9 Å². The van der Waals surface area contributed by atoms with Gasteiger partial charge in [0.05, 0.1) is 11.7 Å². The molecule has 19 heavy (non-hydrogen) atoms. The molecule has 1 fully saturated rings. The van der Waals surface area contributed by atoms with Gasteiger partial charge in [-0.3, -0.25) is 5.01 Å². The number of nitrogens with two attached hydrogens (primary N) is 1. The van der Waals surface area contributed by atoms with Crippen LogP contribution in [-0.4, -0.2) is 48.0 Å². The summed E-state index contributed by atoms with van der Waals surface area (Å²) >= 11 is 0. The monoisotopic (exact) mass is 259 g/mol. The largest absolute Gasteiger partial charge is 0.399 e. The molecule has 2 N–H and O–H groups in total. The van der Waals surface area contributed by atoms with E-state index in [0.29, 0.717) is 6.04 Å². The second-order valence-corrected chi connectivity index (χ2v) is 5.50. The van der Waals surface area contributed by atoms with Crippen LogP contribution in [0.5, 0.6) is 0 Å². The Kier molecular flexibility index (Phi) is 3.06. The number of piperidine rings is 1. The van der Waals surface area contributed by atoms with E-state index in [4.69, 9.17) is 5.73 Å². The van der Waals surface area contributed by atoms with Gasteiger partial charge < -0.3 is 10.6 Å². The molecular weight excluding hydrogens is 238 g/mol. The lowest BCUT2D eigenvalue weighted by molar-refractivity contribution is 0.235. The average molecular weight is 259 g/mol. The molecule has 0 unspecified atom stereocenters. The number of fused-ring (bicyclic) bond motifs is 1. The van der Waals surface area contributed by atoms with Crippen molar-refractivity contribution in [1.82, 2.24) is 14.8 Å². The quantitative estimate of drug-likeness (QED) is 0.826. The molecule has 1 saturated heterocycles. The Labute approximate surface area is 113 Å². The molecule has 102 valence electrons. The maximum atomic E-state index is 5.81. The third-order valence-corrected chi connectivity index (χ3v) is 4.01. The molecule has 0 amide bonds. The lowest BCUT2D eigenvalue weighted by Gasteiger charge is -2.36. The molecule has 1 aliphatic rings. The van der Waals surface area contributed by atoms with Gasteiger partial charge in [0.15, 0.2) is 0 Å². The van der Waals surface area contributed by atoms with Crippen LogP contribution in [0.25, 0.3) is 10.9 Å². The summed E-state index contributed by atoms with van der Waals surface area (Å²) < 4.78 is 0. The molecule has 1 aromatic heterocycles. The van der Waals surface area contributed by atoms with Crippen LogP contribution in [0.2, 0.25) is 0 Å². The van der Waals surface area contributed by atoms with E-state index in [-0.39, 0.29) is 0 Å². The van der Waals surface area contributed by atoms with E-state index < -0.39 is 0 Å². The third kappa shape index (κ3) is 2.26. The van der Waals surface area contributed by atoms with Crippen LogP contribution in [0, 0.1) is 0 Å². The highest BCUT2D eigenvalue weighted by atomic mass is 15.7. The molecule has 0 radical (unpaired) electrons. The summed E-state index contributed by atoms with van der Waals surface area (Å²) in [6.07, 6.45) is 4.26. The Morgan fingerprint density at radius 3 is 2.68 bits per heavy atom. The van der Waals surface area contributed by atoms with Gasteiger partial charge in [-0.15, -0.1) is 0 Å². The fourth-order valence-corrected chi connectivity index (χ4v) is 2.82. The van der Waals surface area contributed by atoms with Gasteiger partial charge >= 0.3 is 0 Å². The maximum Gasteiger partial charge on any atom is 0.0922 e. The van der Waals surface area contributed by atoms with Crippen LogP contribution in [0.4, 0.5) is 5.69 Å². The molecule has 1 aromatic carbocycles. The van der Waals surface area contributed by atoms with Crippen LogP contribution in [0.3, 0.4) is 0 Å². The summed E-state index contributed by atoms with van der Waals surface area (Å²) in [5.41, 5.74) is 7.73. The van der Waals surface area contributed by atoms with Crippen molar-refractivity contribution in [3.8, 4) is 0 Å². The first kappa shape index (κ1) is 12.3. The minimum atomic E-state index is 0.689. The van der Waals surface area contributed by atoms with Crippen molar-refractivity contribution in [1.29, 1.82) is 0 Å². The number of anilines is 1. The summed E-state index contributed by atoms with van der Waals surface area (Å²) in [4.78, 5) is 4.35. The van der Waals surface area contributed by atoms with Crippen molar-refractivity contribution in [2.24, 2.45) is 0 Å². The molecule has 1 aliphatic heterocycles. The highest BCUT2D eigenvalue weighted by molar-refractivity contribution is 5.82. The van der Waals surface area contributed by atoms with E-state index >= 15 is 0 Å². The van der Waals surface area contributed by atoms with Crippen LogP contribution >= 0.6 is 0 Å². The van der Waals surface area contributed by atoms with Gasteiger partial charge in [-0.25, -0.2) is 0 Å². The zero-order valence-corrected chi connectivity index (χ0v) is 11.6. The second-order valence-electron chi connectivity index (χ2n) is 5.50.